The van der Waals surface area contributed by atoms with Crippen molar-refractivity contribution >= 4 is 31.5 Å². The van der Waals surface area contributed by atoms with E-state index >= 15 is 0 Å². The quantitative estimate of drug-likeness (QED) is 0.314. The number of nitrogens with one attached hydrogen (secondary N) is 1. The minimum Gasteiger partial charge on any atom is -0.361 e. The van der Waals surface area contributed by atoms with E-state index in [1.165, 1.54) is 0 Å². The Morgan fingerprint density at radius 3 is 2.79 bits per heavy atom. The zero-order valence-electron chi connectivity index (χ0n) is 20.4. The first kappa shape index (κ1) is 26.4. The number of hydrogen-bond donors (Lipinski definition) is 1. The fraction of sp³-hybridized carbons (Fsp3) is 0.583. The Morgan fingerprint density at radius 1 is 1.26 bits per heavy atom. The summed E-state index contributed by atoms with van der Waals surface area (Å²) in [5.41, 5.74) is 2.68. The third kappa shape index (κ3) is 6.66. The molecule has 4 rings (SSSR count). The van der Waals surface area contributed by atoms with E-state index < -0.39 is 8.07 Å². The Morgan fingerprint density at radius 2 is 2.06 bits per heavy atom. The summed E-state index contributed by atoms with van der Waals surface area (Å²) in [5.74, 6) is 0.637. The zero-order chi connectivity index (χ0) is 23.3. The molecule has 1 aliphatic rings. The molecule has 4 heterocycles. The van der Waals surface area contributed by atoms with Crippen LogP contribution in [0.3, 0.4) is 0 Å². The van der Waals surface area contributed by atoms with E-state index in [1.54, 1.807) is 6.33 Å². The highest BCUT2D eigenvalue weighted by molar-refractivity contribution is 6.76. The van der Waals surface area contributed by atoms with E-state index in [2.05, 4.69) is 46.1 Å². The van der Waals surface area contributed by atoms with Gasteiger partial charge in [-0.2, -0.15) is 10.4 Å². The second kappa shape index (κ2) is 11.9. The van der Waals surface area contributed by atoms with Crippen LogP contribution in [0.4, 0.5) is 0 Å². The molecule has 3 aromatic heterocycles. The largest absolute Gasteiger partial charge is 0.361 e. The van der Waals surface area contributed by atoms with Crippen LogP contribution >= 0.6 is 12.4 Å². The summed E-state index contributed by atoms with van der Waals surface area (Å²) in [7, 11) is -1.11. The van der Waals surface area contributed by atoms with Crippen molar-refractivity contribution in [1.29, 1.82) is 5.26 Å². The first-order valence-corrected chi connectivity index (χ1v) is 15.6. The van der Waals surface area contributed by atoms with Crippen molar-refractivity contribution < 1.29 is 4.74 Å². The maximum Gasteiger partial charge on any atom is 0.145 e. The summed E-state index contributed by atoms with van der Waals surface area (Å²) in [6.07, 6.45) is 11.3. The molecule has 184 valence electrons. The number of aromatic nitrogens is 5. The lowest BCUT2D eigenvalue weighted by molar-refractivity contribution is 0.0899. The van der Waals surface area contributed by atoms with Crippen molar-refractivity contribution in [1.82, 2.24) is 29.6 Å². The van der Waals surface area contributed by atoms with Gasteiger partial charge in [-0.1, -0.05) is 19.6 Å². The van der Waals surface area contributed by atoms with Crippen LogP contribution in [-0.4, -0.2) is 52.1 Å². The van der Waals surface area contributed by atoms with Gasteiger partial charge in [0.15, 0.2) is 0 Å². The van der Waals surface area contributed by atoms with E-state index in [9.17, 15) is 5.26 Å². The summed E-state index contributed by atoms with van der Waals surface area (Å²) in [4.78, 5) is 9.08. The maximum absolute atomic E-state index is 9.39. The third-order valence-electron chi connectivity index (χ3n) is 6.42. The first-order chi connectivity index (χ1) is 15.9. The molecule has 34 heavy (non-hydrogen) atoms. The SMILES string of the molecule is C[Si](C)(C)CCOCn1ccc2c(-c3cnn(C(CC#N)CC4CCNCC4)c3)ncnc21.Cl. The number of nitriles is 1. The molecule has 0 spiro atoms. The van der Waals surface area contributed by atoms with Crippen molar-refractivity contribution in [3.05, 3.63) is 31.0 Å². The van der Waals surface area contributed by atoms with Crippen molar-refractivity contribution in [2.75, 3.05) is 19.7 Å². The predicted octanol–water partition coefficient (Wildman–Crippen LogP) is 4.87. The summed E-state index contributed by atoms with van der Waals surface area (Å²) < 4.78 is 9.92. The molecule has 10 heteroatoms. The monoisotopic (exact) mass is 501 g/mol. The molecule has 0 aromatic carbocycles. The Balaban J connectivity index is 0.00000324. The van der Waals surface area contributed by atoms with Gasteiger partial charge in [-0.25, -0.2) is 9.97 Å². The number of fused-ring (bicyclic) bond motifs is 1. The Hall–Kier alpha value is -2.25. The van der Waals surface area contributed by atoms with Gasteiger partial charge in [0, 0.05) is 38.0 Å². The van der Waals surface area contributed by atoms with Crippen LogP contribution in [-0.2, 0) is 11.5 Å². The van der Waals surface area contributed by atoms with Crippen LogP contribution < -0.4 is 5.32 Å². The summed E-state index contributed by atoms with van der Waals surface area (Å²) >= 11 is 0. The second-order valence-electron chi connectivity index (χ2n) is 10.2. The molecule has 1 aliphatic heterocycles. The Bertz CT molecular complexity index is 1090. The lowest BCUT2D eigenvalue weighted by Crippen LogP contribution is -2.29. The highest BCUT2D eigenvalue weighted by Crippen LogP contribution is 2.30. The van der Waals surface area contributed by atoms with Crippen molar-refractivity contribution in [2.24, 2.45) is 5.92 Å². The summed E-state index contributed by atoms with van der Waals surface area (Å²) in [6, 6.07) is 5.64. The topological polar surface area (TPSA) is 93.6 Å². The minimum atomic E-state index is -1.11. The van der Waals surface area contributed by atoms with Gasteiger partial charge in [0.05, 0.1) is 30.4 Å². The van der Waals surface area contributed by atoms with Gasteiger partial charge >= 0.3 is 0 Å². The van der Waals surface area contributed by atoms with Gasteiger partial charge in [-0.3, -0.25) is 4.68 Å². The molecule has 1 saturated heterocycles. The molecule has 3 aromatic rings. The van der Waals surface area contributed by atoms with Gasteiger partial charge in [0.2, 0.25) is 0 Å². The van der Waals surface area contributed by atoms with Crippen LogP contribution in [0, 0.1) is 17.2 Å². The van der Waals surface area contributed by atoms with Crippen LogP contribution in [0.2, 0.25) is 25.7 Å². The number of nitrogens with zero attached hydrogens (tertiary/aromatic N) is 6. The average molecular weight is 502 g/mol. The molecule has 0 radical (unpaired) electrons. The molecular weight excluding hydrogens is 466 g/mol. The summed E-state index contributed by atoms with van der Waals surface area (Å²) in [5, 5.41) is 18.4. The lowest BCUT2D eigenvalue weighted by Gasteiger charge is -2.26. The van der Waals surface area contributed by atoms with Gasteiger partial charge in [0.1, 0.15) is 18.7 Å². The molecule has 0 amide bonds. The van der Waals surface area contributed by atoms with Gasteiger partial charge < -0.3 is 14.6 Å². The van der Waals surface area contributed by atoms with Gasteiger partial charge in [-0.05, 0) is 50.4 Å². The molecule has 1 N–H and O–H groups in total. The maximum atomic E-state index is 9.39. The van der Waals surface area contributed by atoms with Crippen LogP contribution in [0.1, 0.15) is 31.7 Å². The highest BCUT2D eigenvalue weighted by atomic mass is 35.5. The molecule has 1 fully saturated rings. The van der Waals surface area contributed by atoms with Crippen LogP contribution in [0.25, 0.3) is 22.3 Å². The Labute approximate surface area is 209 Å². The standard InChI is InChI=1S/C24H35N7OSi.ClH/c1-33(2,3)13-12-32-18-30-11-7-22-23(27-17-28-24(22)30)20-15-29-31(16-20)21(4-8-25)14-19-5-9-26-10-6-19;/h7,11,15-17,19,21,26H,4-6,9-10,12-14,18H2,1-3H3;1H. The number of rotatable bonds is 10. The van der Waals surface area contributed by atoms with E-state index in [-0.39, 0.29) is 18.4 Å². The molecule has 0 aliphatic carbocycles. The summed E-state index contributed by atoms with van der Waals surface area (Å²) in [6.45, 7) is 10.5. The zero-order valence-corrected chi connectivity index (χ0v) is 22.2. The smallest absolute Gasteiger partial charge is 0.145 e. The minimum absolute atomic E-state index is 0. The average Bonchev–Trinajstić information content (AvgIpc) is 3.44. The molecule has 0 bridgehead atoms. The number of hydrogen-bond acceptors (Lipinski definition) is 6. The van der Waals surface area contributed by atoms with E-state index in [4.69, 9.17) is 4.74 Å². The molecule has 0 saturated carbocycles. The van der Waals surface area contributed by atoms with Gasteiger partial charge in [0.25, 0.3) is 0 Å². The molecule has 1 unspecified atom stereocenters. The van der Waals surface area contributed by atoms with E-state index in [1.807, 2.05) is 33.9 Å². The predicted molar refractivity (Wildman–Crippen MR) is 140 cm³/mol. The number of ether oxygens (including phenoxy) is 1. The third-order valence-corrected chi connectivity index (χ3v) is 8.13. The fourth-order valence-electron chi connectivity index (χ4n) is 4.43. The number of halogens is 1. The fourth-order valence-corrected chi connectivity index (χ4v) is 5.19. The van der Waals surface area contributed by atoms with Crippen molar-refractivity contribution in [2.45, 2.75) is 64.1 Å². The second-order valence-corrected chi connectivity index (χ2v) is 15.9. The Kier molecular flexibility index (Phi) is 9.25. The normalized spacial score (nSPS) is 15.7. The van der Waals surface area contributed by atoms with Crippen molar-refractivity contribution in [3.8, 4) is 17.3 Å². The number of piperidine rings is 1. The molecule has 8 nitrogen and oxygen atoms in total. The van der Waals surface area contributed by atoms with E-state index in [0.717, 1.165) is 67.3 Å². The van der Waals surface area contributed by atoms with Crippen molar-refractivity contribution in [3.63, 3.8) is 0 Å². The van der Waals surface area contributed by atoms with Crippen LogP contribution in [0.15, 0.2) is 31.0 Å². The van der Waals surface area contributed by atoms with Gasteiger partial charge in [-0.15, -0.1) is 12.4 Å². The molecular formula is C24H36ClN7OSi. The lowest BCUT2D eigenvalue weighted by atomic mass is 9.90. The van der Waals surface area contributed by atoms with E-state index in [0.29, 0.717) is 19.1 Å². The molecule has 1 atom stereocenters. The highest BCUT2D eigenvalue weighted by Gasteiger charge is 2.22. The first-order valence-electron chi connectivity index (χ1n) is 11.9. The van der Waals surface area contributed by atoms with Crippen LogP contribution in [0.5, 0.6) is 0 Å².